The second-order valence-electron chi connectivity index (χ2n) is 5.55. The van der Waals surface area contributed by atoms with E-state index in [1.165, 1.54) is 0 Å². The number of methoxy groups -OCH3 is 1. The molecular weight excluding hydrogens is 256 g/mol. The van der Waals surface area contributed by atoms with Crippen LogP contribution in [0.25, 0.3) is 0 Å². The summed E-state index contributed by atoms with van der Waals surface area (Å²) in [6, 6.07) is 1.85. The fourth-order valence-corrected chi connectivity index (χ4v) is 2.35. The fourth-order valence-electron chi connectivity index (χ4n) is 2.35. The lowest BCUT2D eigenvalue weighted by molar-refractivity contribution is -0.123. The van der Waals surface area contributed by atoms with Gasteiger partial charge in [0.25, 0.3) is 0 Å². The van der Waals surface area contributed by atoms with Gasteiger partial charge in [0.05, 0.1) is 18.2 Å². The summed E-state index contributed by atoms with van der Waals surface area (Å²) in [6.45, 7) is 3.54. The minimum atomic E-state index is -0.384. The van der Waals surface area contributed by atoms with Crippen LogP contribution in [-0.2, 0) is 4.79 Å². The molecule has 1 unspecified atom stereocenters. The fraction of sp³-hybridized carbons (Fsp3) is 0.571. The Hall–Kier alpha value is -1.82. The summed E-state index contributed by atoms with van der Waals surface area (Å²) in [7, 11) is 5.39. The molecule has 6 nitrogen and oxygen atoms in total. The number of nitrogens with one attached hydrogen (secondary N) is 2. The van der Waals surface area contributed by atoms with Crippen LogP contribution in [0.3, 0.4) is 0 Å². The molecule has 6 heteroatoms. The van der Waals surface area contributed by atoms with Crippen LogP contribution in [-0.4, -0.2) is 45.2 Å². The molecule has 1 atom stereocenters. The summed E-state index contributed by atoms with van der Waals surface area (Å²) in [6.07, 6.45) is 2.50. The molecular formula is C14H22N4O2. The number of hydrogen-bond donors (Lipinski definition) is 2. The molecule has 1 aromatic rings. The predicted molar refractivity (Wildman–Crippen MR) is 79.3 cm³/mol. The highest BCUT2D eigenvalue weighted by molar-refractivity contribution is 5.99. The van der Waals surface area contributed by atoms with Crippen molar-refractivity contribution in [3.63, 3.8) is 0 Å². The molecule has 1 saturated heterocycles. The predicted octanol–water partition coefficient (Wildman–Crippen LogP) is 1.09. The quantitative estimate of drug-likeness (QED) is 0.863. The Morgan fingerprint density at radius 3 is 2.85 bits per heavy atom. The number of nitrogens with zero attached hydrogens (tertiary/aromatic N) is 2. The SMILES string of the molecule is COc1nccc(N(C)C)c1NC(=O)C1(C)CCNC1. The Morgan fingerprint density at radius 1 is 1.55 bits per heavy atom. The summed E-state index contributed by atoms with van der Waals surface area (Å²) in [4.78, 5) is 18.6. The number of hydrogen-bond acceptors (Lipinski definition) is 5. The van der Waals surface area contributed by atoms with Crippen LogP contribution in [0, 0.1) is 5.41 Å². The van der Waals surface area contributed by atoms with Crippen molar-refractivity contribution >= 4 is 17.3 Å². The normalized spacial score (nSPS) is 21.6. The third-order valence-corrected chi connectivity index (χ3v) is 3.72. The molecule has 110 valence electrons. The lowest BCUT2D eigenvalue weighted by atomic mass is 9.88. The zero-order chi connectivity index (χ0) is 14.8. The second kappa shape index (κ2) is 5.66. The van der Waals surface area contributed by atoms with Gasteiger partial charge in [-0.3, -0.25) is 4.79 Å². The number of pyridine rings is 1. The van der Waals surface area contributed by atoms with Crippen LogP contribution < -0.4 is 20.3 Å². The van der Waals surface area contributed by atoms with Gasteiger partial charge in [-0.15, -0.1) is 0 Å². The van der Waals surface area contributed by atoms with Gasteiger partial charge >= 0.3 is 0 Å². The average molecular weight is 278 g/mol. The van der Waals surface area contributed by atoms with Gasteiger partial charge in [-0.25, -0.2) is 4.98 Å². The molecule has 0 aromatic carbocycles. The van der Waals surface area contributed by atoms with Gasteiger partial charge in [0.1, 0.15) is 5.69 Å². The molecule has 1 amide bonds. The molecule has 0 saturated carbocycles. The summed E-state index contributed by atoms with van der Waals surface area (Å²) < 4.78 is 5.26. The Kier molecular flexibility index (Phi) is 4.13. The van der Waals surface area contributed by atoms with E-state index in [1.807, 2.05) is 32.0 Å². The van der Waals surface area contributed by atoms with Gasteiger partial charge in [0, 0.05) is 26.8 Å². The van der Waals surface area contributed by atoms with Crippen molar-refractivity contribution in [2.45, 2.75) is 13.3 Å². The first-order valence-electron chi connectivity index (χ1n) is 6.70. The van der Waals surface area contributed by atoms with E-state index in [4.69, 9.17) is 4.74 Å². The van der Waals surface area contributed by atoms with Crippen LogP contribution in [0.5, 0.6) is 5.88 Å². The van der Waals surface area contributed by atoms with Gasteiger partial charge < -0.3 is 20.3 Å². The molecule has 0 aliphatic carbocycles. The Labute approximate surface area is 119 Å². The summed E-state index contributed by atoms with van der Waals surface area (Å²) >= 11 is 0. The van der Waals surface area contributed by atoms with Crippen LogP contribution in [0.15, 0.2) is 12.3 Å². The Balaban J connectivity index is 2.30. The van der Waals surface area contributed by atoms with Gasteiger partial charge in [-0.1, -0.05) is 0 Å². The van der Waals surface area contributed by atoms with Crippen molar-refractivity contribution in [2.24, 2.45) is 5.41 Å². The van der Waals surface area contributed by atoms with Crippen LogP contribution in [0.4, 0.5) is 11.4 Å². The first-order valence-corrected chi connectivity index (χ1v) is 6.70. The molecule has 1 fully saturated rings. The first kappa shape index (κ1) is 14.6. The molecule has 0 radical (unpaired) electrons. The first-order chi connectivity index (χ1) is 9.48. The number of amides is 1. The third kappa shape index (κ3) is 2.70. The summed E-state index contributed by atoms with van der Waals surface area (Å²) in [5.74, 6) is 0.427. The van der Waals surface area contributed by atoms with Crippen molar-refractivity contribution in [3.05, 3.63) is 12.3 Å². The number of carbonyl (C=O) groups is 1. The minimum absolute atomic E-state index is 0.00287. The molecule has 2 rings (SSSR count). The number of anilines is 2. The highest BCUT2D eigenvalue weighted by atomic mass is 16.5. The molecule has 2 N–H and O–H groups in total. The summed E-state index contributed by atoms with van der Waals surface area (Å²) in [5.41, 5.74) is 1.11. The van der Waals surface area contributed by atoms with Crippen molar-refractivity contribution in [1.29, 1.82) is 0 Å². The molecule has 1 aromatic heterocycles. The van der Waals surface area contributed by atoms with E-state index in [1.54, 1.807) is 13.3 Å². The molecule has 0 spiro atoms. The molecule has 1 aliphatic heterocycles. The standard InChI is InChI=1S/C14H22N4O2/c1-14(6-8-15-9-14)13(19)17-11-10(18(2)3)5-7-16-12(11)20-4/h5,7,15H,6,8-9H2,1-4H3,(H,17,19). The smallest absolute Gasteiger partial charge is 0.239 e. The maximum absolute atomic E-state index is 12.5. The lowest BCUT2D eigenvalue weighted by Crippen LogP contribution is -2.35. The maximum Gasteiger partial charge on any atom is 0.239 e. The molecule has 20 heavy (non-hydrogen) atoms. The zero-order valence-corrected chi connectivity index (χ0v) is 12.5. The topological polar surface area (TPSA) is 66.5 Å². The maximum atomic E-state index is 12.5. The van der Waals surface area contributed by atoms with Gasteiger partial charge in [-0.2, -0.15) is 0 Å². The number of ether oxygens (including phenoxy) is 1. The highest BCUT2D eigenvalue weighted by Crippen LogP contribution is 2.34. The number of aromatic nitrogens is 1. The summed E-state index contributed by atoms with van der Waals surface area (Å²) in [5, 5.41) is 6.21. The monoisotopic (exact) mass is 278 g/mol. The van der Waals surface area contributed by atoms with Crippen LogP contribution in [0.2, 0.25) is 0 Å². The lowest BCUT2D eigenvalue weighted by Gasteiger charge is -2.24. The van der Waals surface area contributed by atoms with Crippen molar-refractivity contribution in [1.82, 2.24) is 10.3 Å². The van der Waals surface area contributed by atoms with E-state index >= 15 is 0 Å². The minimum Gasteiger partial charge on any atom is -0.479 e. The Bertz CT molecular complexity index is 496. The van der Waals surface area contributed by atoms with E-state index in [0.717, 1.165) is 18.7 Å². The average Bonchev–Trinajstić information content (AvgIpc) is 2.87. The zero-order valence-electron chi connectivity index (χ0n) is 12.5. The molecule has 1 aliphatic rings. The Morgan fingerprint density at radius 2 is 2.30 bits per heavy atom. The van der Waals surface area contributed by atoms with E-state index in [0.29, 0.717) is 18.1 Å². The van der Waals surface area contributed by atoms with E-state index < -0.39 is 0 Å². The van der Waals surface area contributed by atoms with Crippen LogP contribution in [0.1, 0.15) is 13.3 Å². The van der Waals surface area contributed by atoms with Gasteiger partial charge in [0.15, 0.2) is 0 Å². The van der Waals surface area contributed by atoms with Gasteiger partial charge in [-0.05, 0) is 26.0 Å². The number of rotatable bonds is 4. The largest absolute Gasteiger partial charge is 0.479 e. The van der Waals surface area contributed by atoms with Crippen molar-refractivity contribution in [3.8, 4) is 5.88 Å². The molecule has 2 heterocycles. The van der Waals surface area contributed by atoms with Gasteiger partial charge in [0.2, 0.25) is 11.8 Å². The van der Waals surface area contributed by atoms with Crippen molar-refractivity contribution < 1.29 is 9.53 Å². The highest BCUT2D eigenvalue weighted by Gasteiger charge is 2.37. The van der Waals surface area contributed by atoms with Crippen molar-refractivity contribution in [2.75, 3.05) is 44.5 Å². The van der Waals surface area contributed by atoms with E-state index in [9.17, 15) is 4.79 Å². The van der Waals surface area contributed by atoms with Crippen LogP contribution >= 0.6 is 0 Å². The second-order valence-corrected chi connectivity index (χ2v) is 5.55. The van der Waals surface area contributed by atoms with E-state index in [-0.39, 0.29) is 11.3 Å². The van der Waals surface area contributed by atoms with E-state index in [2.05, 4.69) is 15.6 Å². The number of carbonyl (C=O) groups excluding carboxylic acids is 1. The third-order valence-electron chi connectivity index (χ3n) is 3.72. The molecule has 0 bridgehead atoms.